The Labute approximate surface area is 271 Å². The Morgan fingerprint density at radius 1 is 0.636 bits per heavy atom. The van der Waals surface area contributed by atoms with E-state index in [0.29, 0.717) is 36.1 Å². The average molecular weight is 614 g/mol. The van der Waals surface area contributed by atoms with Crippen molar-refractivity contribution in [3.8, 4) is 0 Å². The summed E-state index contributed by atoms with van der Waals surface area (Å²) in [5, 5.41) is 0. The summed E-state index contributed by atoms with van der Waals surface area (Å²) in [4.78, 5) is 49.1. The number of aromatic nitrogens is 1. The fraction of sp³-hybridized carbons (Fsp3) is 0.769. The maximum absolute atomic E-state index is 11.4. The highest BCUT2D eigenvalue weighted by Crippen LogP contribution is 2.30. The largest absolute Gasteiger partial charge is 0.299 e. The minimum absolute atomic E-state index is 0.104. The molecule has 0 aromatic carbocycles. The summed E-state index contributed by atoms with van der Waals surface area (Å²) in [7, 11) is 0. The van der Waals surface area contributed by atoms with Gasteiger partial charge in [-0.2, -0.15) is 0 Å². The molecule has 44 heavy (non-hydrogen) atoms. The second kappa shape index (κ2) is 22.4. The van der Waals surface area contributed by atoms with Gasteiger partial charge in [-0.15, -0.1) is 0 Å². The van der Waals surface area contributed by atoms with Crippen LogP contribution in [-0.2, 0) is 25.6 Å². The Morgan fingerprint density at radius 2 is 1.07 bits per heavy atom. The first-order valence-electron chi connectivity index (χ1n) is 17.4. The van der Waals surface area contributed by atoms with Crippen LogP contribution in [0.2, 0.25) is 0 Å². The van der Waals surface area contributed by atoms with Crippen LogP contribution in [-0.4, -0.2) is 28.1 Å². The van der Waals surface area contributed by atoms with Gasteiger partial charge in [-0.1, -0.05) is 134 Å². The van der Waals surface area contributed by atoms with E-state index in [2.05, 4.69) is 25.8 Å². The molecule has 1 heterocycles. The lowest BCUT2D eigenvalue weighted by atomic mass is 9.80. The molecule has 0 atom stereocenters. The molecule has 0 bridgehead atoms. The number of hydrogen-bond donors (Lipinski definition) is 0. The average Bonchev–Trinajstić information content (AvgIpc) is 2.91. The summed E-state index contributed by atoms with van der Waals surface area (Å²) >= 11 is 0. The molecule has 0 aliphatic heterocycles. The van der Waals surface area contributed by atoms with Crippen LogP contribution in [0.3, 0.4) is 0 Å². The number of hydrogen-bond acceptors (Lipinski definition) is 5. The molecule has 0 unspecified atom stereocenters. The molecule has 2 fully saturated rings. The highest BCUT2D eigenvalue weighted by Gasteiger charge is 2.22. The molecule has 1 aromatic rings. The van der Waals surface area contributed by atoms with E-state index in [0.717, 1.165) is 24.5 Å². The van der Waals surface area contributed by atoms with Gasteiger partial charge in [-0.25, -0.2) is 0 Å². The molecule has 0 N–H and O–H groups in total. The van der Waals surface area contributed by atoms with Crippen molar-refractivity contribution >= 4 is 23.1 Å². The standard InChI is InChI=1S/C11H20O.C10H13NO.C9H16O.C9H18O/c1-9(2)11(12)8-10-6-4-3-5-7-10;1-8(2)10(12)7-9-5-3-4-6-11-9;1-7(2)9(10)6-8-4-3-5-8;1-7(2)8(10)6-9(3,4)5/h9-10H,3-8H2,1-2H3;3-6,8H,7H2,1-2H3;7-8H,3-6H2,1-2H3;7H,6H2,1-5H3. The number of nitrogens with zero attached hydrogens (tertiary/aromatic N) is 1. The summed E-state index contributed by atoms with van der Waals surface area (Å²) in [5.41, 5.74) is 1.01. The van der Waals surface area contributed by atoms with Gasteiger partial charge in [-0.05, 0) is 29.4 Å². The third kappa shape index (κ3) is 21.5. The van der Waals surface area contributed by atoms with E-state index in [1.165, 1.54) is 51.4 Å². The third-order valence-electron chi connectivity index (χ3n) is 8.29. The molecule has 2 aliphatic carbocycles. The lowest BCUT2D eigenvalue weighted by Gasteiger charge is -2.24. The van der Waals surface area contributed by atoms with Crippen LogP contribution < -0.4 is 0 Å². The van der Waals surface area contributed by atoms with Gasteiger partial charge < -0.3 is 0 Å². The Morgan fingerprint density at radius 3 is 1.36 bits per heavy atom. The van der Waals surface area contributed by atoms with Crippen molar-refractivity contribution < 1.29 is 19.2 Å². The van der Waals surface area contributed by atoms with Crippen LogP contribution in [0.4, 0.5) is 0 Å². The fourth-order valence-electron chi connectivity index (χ4n) is 4.74. The Balaban J connectivity index is 0.000000563. The first kappa shape index (κ1) is 41.8. The van der Waals surface area contributed by atoms with Gasteiger partial charge in [0.2, 0.25) is 0 Å². The summed E-state index contributed by atoms with van der Waals surface area (Å²) in [6, 6.07) is 5.62. The molecule has 2 saturated carbocycles. The van der Waals surface area contributed by atoms with Crippen molar-refractivity contribution in [2.24, 2.45) is 40.9 Å². The second-order valence-electron chi connectivity index (χ2n) is 15.4. The van der Waals surface area contributed by atoms with Crippen LogP contribution in [0.1, 0.15) is 152 Å². The molecule has 3 rings (SSSR count). The third-order valence-corrected chi connectivity index (χ3v) is 8.29. The van der Waals surface area contributed by atoms with Gasteiger partial charge in [0.1, 0.15) is 23.1 Å². The molecule has 1 aromatic heterocycles. The smallest absolute Gasteiger partial charge is 0.141 e. The van der Waals surface area contributed by atoms with Crippen molar-refractivity contribution in [3.05, 3.63) is 30.1 Å². The van der Waals surface area contributed by atoms with Crippen LogP contribution >= 0.6 is 0 Å². The van der Waals surface area contributed by atoms with Gasteiger partial charge in [0.15, 0.2) is 0 Å². The van der Waals surface area contributed by atoms with Crippen molar-refractivity contribution in [1.82, 2.24) is 4.98 Å². The molecule has 5 nitrogen and oxygen atoms in total. The normalized spacial score (nSPS) is 15.3. The van der Waals surface area contributed by atoms with E-state index in [1.807, 2.05) is 73.6 Å². The first-order valence-corrected chi connectivity index (χ1v) is 17.4. The number of pyridine rings is 1. The SMILES string of the molecule is CC(C)C(=O)CC(C)(C)C.CC(C)C(=O)CC1CCC1.CC(C)C(=O)CC1CCCCC1.CC(C)C(=O)Cc1ccccn1. The molecule has 2 aliphatic rings. The van der Waals surface area contributed by atoms with Crippen LogP contribution in [0.5, 0.6) is 0 Å². The van der Waals surface area contributed by atoms with Crippen LogP contribution in [0.15, 0.2) is 24.4 Å². The van der Waals surface area contributed by atoms with Crippen molar-refractivity contribution in [3.63, 3.8) is 0 Å². The van der Waals surface area contributed by atoms with E-state index in [-0.39, 0.29) is 34.9 Å². The second-order valence-corrected chi connectivity index (χ2v) is 15.4. The number of rotatable bonds is 11. The first-order chi connectivity index (χ1) is 20.4. The predicted octanol–water partition coefficient (Wildman–Crippen LogP) is 10.1. The molecule has 0 radical (unpaired) electrons. The summed E-state index contributed by atoms with van der Waals surface area (Å²) in [6.45, 7) is 22.0. The van der Waals surface area contributed by atoms with Gasteiger partial charge >= 0.3 is 0 Å². The number of carbonyl (C=O) groups excluding carboxylic acids is 4. The summed E-state index contributed by atoms with van der Waals surface area (Å²) in [6.07, 6.45) is 15.1. The van der Waals surface area contributed by atoms with E-state index >= 15 is 0 Å². The molecular formula is C39H67NO4. The lowest BCUT2D eigenvalue weighted by Crippen LogP contribution is -2.18. The lowest BCUT2D eigenvalue weighted by molar-refractivity contribution is -0.124. The molecule has 0 saturated heterocycles. The summed E-state index contributed by atoms with van der Waals surface area (Å²) < 4.78 is 0. The zero-order chi connectivity index (χ0) is 33.9. The van der Waals surface area contributed by atoms with E-state index in [4.69, 9.17) is 0 Å². The molecule has 0 amide bonds. The van der Waals surface area contributed by atoms with Crippen molar-refractivity contribution in [1.29, 1.82) is 0 Å². The van der Waals surface area contributed by atoms with Crippen LogP contribution in [0.25, 0.3) is 0 Å². The molecule has 0 spiro atoms. The Bertz CT molecular complexity index is 946. The Hall–Kier alpha value is -2.17. The van der Waals surface area contributed by atoms with E-state index in [1.54, 1.807) is 6.20 Å². The Kier molecular flexibility index (Phi) is 21.3. The van der Waals surface area contributed by atoms with Crippen molar-refractivity contribution in [2.45, 2.75) is 153 Å². The van der Waals surface area contributed by atoms with E-state index < -0.39 is 0 Å². The number of ketones is 4. The van der Waals surface area contributed by atoms with Gasteiger partial charge in [0, 0.05) is 61.2 Å². The maximum Gasteiger partial charge on any atom is 0.141 e. The van der Waals surface area contributed by atoms with Crippen LogP contribution in [0, 0.1) is 40.9 Å². The number of Topliss-reactive ketones (excluding diaryl/α,β-unsaturated/α-hetero) is 4. The van der Waals surface area contributed by atoms with Gasteiger partial charge in [-0.3, -0.25) is 24.2 Å². The van der Waals surface area contributed by atoms with E-state index in [9.17, 15) is 19.2 Å². The minimum atomic E-state index is 0.104. The monoisotopic (exact) mass is 614 g/mol. The zero-order valence-electron chi connectivity index (χ0n) is 30.3. The maximum atomic E-state index is 11.4. The van der Waals surface area contributed by atoms with Gasteiger partial charge in [0.25, 0.3) is 0 Å². The topological polar surface area (TPSA) is 81.2 Å². The predicted molar refractivity (Wildman–Crippen MR) is 185 cm³/mol. The molecule has 5 heteroatoms. The summed E-state index contributed by atoms with van der Waals surface area (Å²) in [5.74, 6) is 3.77. The minimum Gasteiger partial charge on any atom is -0.299 e. The zero-order valence-corrected chi connectivity index (χ0v) is 30.3. The quantitative estimate of drug-likeness (QED) is 0.248. The fourth-order valence-corrected chi connectivity index (χ4v) is 4.74. The highest BCUT2D eigenvalue weighted by atomic mass is 16.1. The van der Waals surface area contributed by atoms with Crippen molar-refractivity contribution in [2.75, 3.05) is 0 Å². The molecular weight excluding hydrogens is 546 g/mol. The number of carbonyl (C=O) groups is 4. The molecule has 252 valence electrons. The highest BCUT2D eigenvalue weighted by molar-refractivity contribution is 5.82. The van der Waals surface area contributed by atoms with Gasteiger partial charge in [0.05, 0.1) is 0 Å².